The zero-order valence-corrected chi connectivity index (χ0v) is 14.1. The van der Waals surface area contributed by atoms with Crippen molar-refractivity contribution in [3.05, 3.63) is 50.2 Å². The molecular weight excluding hydrogens is 322 g/mol. The van der Waals surface area contributed by atoms with E-state index in [1.165, 1.54) is 10.7 Å². The summed E-state index contributed by atoms with van der Waals surface area (Å²) in [4.78, 5) is 24.0. The number of nitrogens with one attached hydrogen (secondary N) is 1. The second kappa shape index (κ2) is 6.44. The van der Waals surface area contributed by atoms with Crippen LogP contribution < -0.4 is 16.4 Å². The molecule has 8 nitrogen and oxygen atoms in total. The van der Waals surface area contributed by atoms with Crippen LogP contribution in [0.15, 0.2) is 27.8 Å². The van der Waals surface area contributed by atoms with Crippen molar-refractivity contribution in [2.45, 2.75) is 37.8 Å². The van der Waals surface area contributed by atoms with Crippen LogP contribution in [-0.2, 0) is 24.6 Å². The minimum atomic E-state index is -0.196. The summed E-state index contributed by atoms with van der Waals surface area (Å²) in [5.74, 6) is 0.577. The maximum absolute atomic E-state index is 12.5. The average molecular weight is 343 g/mol. The number of fused-ring (bicyclic) bond motifs is 1. The zero-order valence-electron chi connectivity index (χ0n) is 14.1. The Morgan fingerprint density at radius 2 is 1.96 bits per heavy atom. The molecule has 25 heavy (non-hydrogen) atoms. The van der Waals surface area contributed by atoms with Crippen LogP contribution in [0.2, 0.25) is 0 Å². The van der Waals surface area contributed by atoms with Gasteiger partial charge in [0.2, 0.25) is 0 Å². The van der Waals surface area contributed by atoms with Crippen LogP contribution in [0.25, 0.3) is 0 Å². The Morgan fingerprint density at radius 1 is 1.12 bits per heavy atom. The average Bonchev–Trinajstić information content (AvgIpc) is 3.05. The molecule has 1 saturated heterocycles. The normalized spacial score (nSPS) is 22.6. The lowest BCUT2D eigenvalue weighted by atomic mass is 9.97. The predicted octanol–water partition coefficient (Wildman–Crippen LogP) is 0.268. The largest absolute Gasteiger partial charge is 0.377 e. The molecule has 3 heterocycles. The lowest BCUT2D eigenvalue weighted by molar-refractivity contribution is 0.182. The van der Waals surface area contributed by atoms with Gasteiger partial charge >= 0.3 is 0 Å². The number of hydrogen-bond donors (Lipinski definition) is 1. The van der Waals surface area contributed by atoms with Crippen LogP contribution in [0, 0.1) is 0 Å². The Kier molecular flexibility index (Phi) is 4.12. The van der Waals surface area contributed by atoms with Crippen LogP contribution in [0.3, 0.4) is 0 Å². The topological polar surface area (TPSA) is 91.0 Å². The van der Waals surface area contributed by atoms with Crippen LogP contribution in [-0.4, -0.2) is 38.8 Å². The fraction of sp³-hybridized carbons (Fsp3) is 0.529. The van der Waals surface area contributed by atoms with E-state index in [1.807, 2.05) is 0 Å². The Balaban J connectivity index is 1.62. The number of hydrogen-bond acceptors (Lipinski definition) is 6. The second-order valence-corrected chi connectivity index (χ2v) is 6.64. The first kappa shape index (κ1) is 16.0. The summed E-state index contributed by atoms with van der Waals surface area (Å²) in [7, 11) is 1.60. The highest BCUT2D eigenvalue weighted by molar-refractivity contribution is 5.34. The van der Waals surface area contributed by atoms with Gasteiger partial charge in [-0.2, -0.15) is 10.2 Å². The van der Waals surface area contributed by atoms with Crippen molar-refractivity contribution >= 4 is 5.82 Å². The summed E-state index contributed by atoms with van der Waals surface area (Å²) in [6.45, 7) is 0.884. The summed E-state index contributed by atoms with van der Waals surface area (Å²) >= 11 is 0. The van der Waals surface area contributed by atoms with Crippen LogP contribution in [0.5, 0.6) is 0 Å². The van der Waals surface area contributed by atoms with Crippen molar-refractivity contribution in [1.82, 2.24) is 19.6 Å². The maximum Gasteiger partial charge on any atom is 0.267 e. The van der Waals surface area contributed by atoms with Gasteiger partial charge in [0, 0.05) is 19.2 Å². The summed E-state index contributed by atoms with van der Waals surface area (Å²) in [5.41, 5.74) is 1.85. The summed E-state index contributed by atoms with van der Waals surface area (Å²) < 4.78 is 8.42. The molecule has 8 heteroatoms. The molecule has 1 aliphatic heterocycles. The predicted molar refractivity (Wildman–Crippen MR) is 91.9 cm³/mol. The molecular formula is C17H21N5O3. The Bertz CT molecular complexity index is 904. The summed E-state index contributed by atoms with van der Waals surface area (Å²) in [5, 5.41) is 12.1. The minimum Gasteiger partial charge on any atom is -0.377 e. The van der Waals surface area contributed by atoms with Gasteiger partial charge in [0.05, 0.1) is 24.9 Å². The molecule has 1 fully saturated rings. The number of anilines is 1. The minimum absolute atomic E-state index is 0.0867. The number of nitrogens with zero attached hydrogens (tertiary/aromatic N) is 4. The van der Waals surface area contributed by atoms with Gasteiger partial charge in [-0.05, 0) is 37.3 Å². The van der Waals surface area contributed by atoms with Crippen LogP contribution in [0.1, 0.15) is 30.1 Å². The lowest BCUT2D eigenvalue weighted by Gasteiger charge is -2.23. The van der Waals surface area contributed by atoms with Crippen LogP contribution in [0.4, 0.5) is 5.82 Å². The standard InChI is InChI=1S/C17H21N5O3/c1-21-16(23)7-6-15(20-21)18-13-9-25-10-14(13)22-17(24)8-11-4-2-3-5-12(11)19-22/h6-8,13-14H,2-5,9-10H2,1H3,(H,18,20). The van der Waals surface area contributed by atoms with E-state index in [2.05, 4.69) is 15.5 Å². The van der Waals surface area contributed by atoms with Crippen molar-refractivity contribution < 1.29 is 4.74 Å². The molecule has 0 spiro atoms. The van der Waals surface area contributed by atoms with Gasteiger partial charge in [-0.1, -0.05) is 0 Å². The van der Waals surface area contributed by atoms with Gasteiger partial charge in [-0.15, -0.1) is 0 Å². The quantitative estimate of drug-likeness (QED) is 0.860. The molecule has 0 aromatic carbocycles. The SMILES string of the molecule is Cn1nc(NC2COCC2n2nc3c(cc2=O)CCCC3)ccc1=O. The molecule has 0 saturated carbocycles. The second-order valence-electron chi connectivity index (χ2n) is 6.64. The molecule has 0 bridgehead atoms. The monoisotopic (exact) mass is 343 g/mol. The first-order valence-corrected chi connectivity index (χ1v) is 8.62. The molecule has 1 N–H and O–H groups in total. The third-order valence-electron chi connectivity index (χ3n) is 4.89. The zero-order chi connectivity index (χ0) is 17.4. The van der Waals surface area contributed by atoms with Crippen molar-refractivity contribution in [2.75, 3.05) is 18.5 Å². The van der Waals surface area contributed by atoms with Crippen LogP contribution >= 0.6 is 0 Å². The Labute approximate surface area is 144 Å². The summed E-state index contributed by atoms with van der Waals surface area (Å²) in [6, 6.07) is 4.50. The Morgan fingerprint density at radius 3 is 2.80 bits per heavy atom. The molecule has 4 rings (SSSR count). The van der Waals surface area contributed by atoms with Crippen molar-refractivity contribution in [3.8, 4) is 0 Å². The molecule has 2 aromatic heterocycles. The maximum atomic E-state index is 12.5. The van der Waals surface area contributed by atoms with Gasteiger partial charge in [0.1, 0.15) is 11.9 Å². The highest BCUT2D eigenvalue weighted by Crippen LogP contribution is 2.23. The van der Waals surface area contributed by atoms with E-state index >= 15 is 0 Å². The number of ether oxygens (including phenoxy) is 1. The molecule has 132 valence electrons. The number of aromatic nitrogens is 4. The molecule has 0 amide bonds. The fourth-order valence-corrected chi connectivity index (χ4v) is 3.51. The Hall–Kier alpha value is -2.48. The van der Waals surface area contributed by atoms with Gasteiger partial charge in [-0.25, -0.2) is 9.36 Å². The van der Waals surface area contributed by atoms with E-state index in [9.17, 15) is 9.59 Å². The van der Waals surface area contributed by atoms with E-state index in [1.54, 1.807) is 23.9 Å². The number of aryl methyl sites for hydroxylation is 3. The third kappa shape index (κ3) is 3.09. The highest BCUT2D eigenvalue weighted by Gasteiger charge is 2.32. The van der Waals surface area contributed by atoms with Gasteiger partial charge < -0.3 is 10.1 Å². The molecule has 2 unspecified atom stereocenters. The van der Waals surface area contributed by atoms with E-state index in [-0.39, 0.29) is 23.2 Å². The van der Waals surface area contributed by atoms with Gasteiger partial charge in [0.15, 0.2) is 0 Å². The smallest absolute Gasteiger partial charge is 0.267 e. The molecule has 2 aliphatic rings. The lowest BCUT2D eigenvalue weighted by Crippen LogP contribution is -2.38. The molecule has 2 atom stereocenters. The molecule has 0 radical (unpaired) electrons. The van der Waals surface area contributed by atoms with Gasteiger partial charge in [-0.3, -0.25) is 9.59 Å². The number of rotatable bonds is 3. The third-order valence-corrected chi connectivity index (χ3v) is 4.89. The van der Waals surface area contributed by atoms with Crippen molar-refractivity contribution in [3.63, 3.8) is 0 Å². The first-order valence-electron chi connectivity index (χ1n) is 8.62. The molecule has 1 aliphatic carbocycles. The van der Waals surface area contributed by atoms with E-state index in [0.717, 1.165) is 36.9 Å². The van der Waals surface area contributed by atoms with Crippen molar-refractivity contribution in [1.29, 1.82) is 0 Å². The van der Waals surface area contributed by atoms with E-state index in [4.69, 9.17) is 4.74 Å². The van der Waals surface area contributed by atoms with E-state index in [0.29, 0.717) is 19.0 Å². The van der Waals surface area contributed by atoms with Gasteiger partial charge in [0.25, 0.3) is 11.1 Å². The van der Waals surface area contributed by atoms with Crippen molar-refractivity contribution in [2.24, 2.45) is 7.05 Å². The van der Waals surface area contributed by atoms with E-state index < -0.39 is 0 Å². The fourth-order valence-electron chi connectivity index (χ4n) is 3.51. The molecule has 2 aromatic rings. The highest BCUT2D eigenvalue weighted by atomic mass is 16.5. The summed E-state index contributed by atoms with van der Waals surface area (Å²) in [6.07, 6.45) is 4.09. The first-order chi connectivity index (χ1) is 12.1.